The van der Waals surface area contributed by atoms with Crippen LogP contribution in [0.4, 0.5) is 0 Å². The van der Waals surface area contributed by atoms with E-state index >= 15 is 0 Å². The van der Waals surface area contributed by atoms with Crippen molar-refractivity contribution in [3.8, 4) is 16.2 Å². The van der Waals surface area contributed by atoms with Gasteiger partial charge in [0.2, 0.25) is 0 Å². The van der Waals surface area contributed by atoms with E-state index in [1.54, 1.807) is 35.6 Å². The third-order valence-corrected chi connectivity index (χ3v) is 7.31. The topological polar surface area (TPSA) is 126 Å². The van der Waals surface area contributed by atoms with Crippen molar-refractivity contribution in [3.63, 3.8) is 0 Å². The molecule has 1 atom stereocenters. The van der Waals surface area contributed by atoms with Crippen molar-refractivity contribution in [2.45, 2.75) is 12.5 Å². The smallest absolute Gasteiger partial charge is 0.336 e. The predicted octanol–water partition coefficient (Wildman–Crippen LogP) is 5.03. The van der Waals surface area contributed by atoms with Crippen LogP contribution in [0.25, 0.3) is 31.4 Å². The Morgan fingerprint density at radius 2 is 1.76 bits per heavy atom. The maximum absolute atomic E-state index is 13.1. The van der Waals surface area contributed by atoms with Gasteiger partial charge in [0.1, 0.15) is 17.5 Å². The highest BCUT2D eigenvalue weighted by molar-refractivity contribution is 7.22. The summed E-state index contributed by atoms with van der Waals surface area (Å²) in [5, 5.41) is 23.5. The number of aromatic carboxylic acids is 1. The number of carbonyl (C=O) groups is 3. The number of fused-ring (bicyclic) bond motifs is 2. The number of carbonyl (C=O) groups excluding carboxylic acids is 2. The normalized spacial score (nSPS) is 11.8. The zero-order valence-corrected chi connectivity index (χ0v) is 21.0. The third-order valence-electron chi connectivity index (χ3n) is 6.15. The van der Waals surface area contributed by atoms with Crippen LogP contribution in [0.15, 0.2) is 78.9 Å². The quantitative estimate of drug-likeness (QED) is 0.254. The number of benzene rings is 3. The van der Waals surface area contributed by atoms with Gasteiger partial charge < -0.3 is 20.3 Å². The Bertz CT molecular complexity index is 1660. The van der Waals surface area contributed by atoms with Crippen molar-refractivity contribution in [1.82, 2.24) is 10.3 Å². The van der Waals surface area contributed by atoms with E-state index in [-0.39, 0.29) is 23.4 Å². The number of nitrogens with one attached hydrogen (secondary N) is 1. The zero-order chi connectivity index (χ0) is 26.8. The molecule has 0 aliphatic carbocycles. The van der Waals surface area contributed by atoms with Gasteiger partial charge >= 0.3 is 11.9 Å². The molecule has 2 heterocycles. The van der Waals surface area contributed by atoms with Gasteiger partial charge in [0.25, 0.3) is 5.91 Å². The van der Waals surface area contributed by atoms with Crippen LogP contribution >= 0.6 is 11.3 Å². The first-order valence-electron chi connectivity index (χ1n) is 11.7. The Balaban J connectivity index is 1.47. The van der Waals surface area contributed by atoms with E-state index in [0.29, 0.717) is 16.5 Å². The van der Waals surface area contributed by atoms with E-state index in [1.165, 1.54) is 25.3 Å². The van der Waals surface area contributed by atoms with E-state index in [0.717, 1.165) is 20.5 Å². The second kappa shape index (κ2) is 10.3. The lowest BCUT2D eigenvalue weighted by Gasteiger charge is -2.17. The molecule has 3 N–H and O–H groups in total. The van der Waals surface area contributed by atoms with Crippen molar-refractivity contribution >= 4 is 50.2 Å². The lowest BCUT2D eigenvalue weighted by Crippen LogP contribution is -2.43. The number of nitrogens with zero attached hydrogens (tertiary/aromatic N) is 1. The molecule has 0 unspecified atom stereocenters. The highest BCUT2D eigenvalue weighted by Gasteiger charge is 2.25. The van der Waals surface area contributed by atoms with Crippen LogP contribution in [-0.2, 0) is 16.0 Å². The minimum Gasteiger partial charge on any atom is -0.508 e. The van der Waals surface area contributed by atoms with Gasteiger partial charge in [-0.1, -0.05) is 36.4 Å². The van der Waals surface area contributed by atoms with Gasteiger partial charge in [-0.2, -0.15) is 0 Å². The van der Waals surface area contributed by atoms with Crippen molar-refractivity contribution < 1.29 is 29.3 Å². The van der Waals surface area contributed by atoms with Gasteiger partial charge in [0, 0.05) is 21.4 Å². The number of hydrogen-bond donors (Lipinski definition) is 3. The Morgan fingerprint density at radius 1 is 1.00 bits per heavy atom. The van der Waals surface area contributed by atoms with Crippen LogP contribution in [0.5, 0.6) is 5.75 Å². The number of phenols is 1. The summed E-state index contributed by atoms with van der Waals surface area (Å²) in [6, 6.07) is 21.7. The average Bonchev–Trinajstić information content (AvgIpc) is 3.36. The molecule has 0 aliphatic rings. The molecule has 0 radical (unpaired) electrons. The average molecular weight is 527 g/mol. The van der Waals surface area contributed by atoms with Gasteiger partial charge in [-0.15, -0.1) is 11.3 Å². The minimum absolute atomic E-state index is 0.0729. The van der Waals surface area contributed by atoms with Crippen LogP contribution in [0, 0.1) is 0 Å². The molecule has 0 bridgehead atoms. The summed E-state index contributed by atoms with van der Waals surface area (Å²) in [4.78, 5) is 43.0. The fourth-order valence-corrected chi connectivity index (χ4v) is 5.29. The molecule has 0 aliphatic heterocycles. The van der Waals surface area contributed by atoms with Gasteiger partial charge in [0.05, 0.1) is 18.2 Å². The van der Waals surface area contributed by atoms with Gasteiger partial charge in [0.15, 0.2) is 0 Å². The van der Waals surface area contributed by atoms with E-state index < -0.39 is 23.9 Å². The Morgan fingerprint density at radius 3 is 2.47 bits per heavy atom. The maximum atomic E-state index is 13.1. The fraction of sp³-hybridized carbons (Fsp3) is 0.103. The molecule has 3 aromatic carbocycles. The number of aromatic hydroxyl groups is 1. The number of carboxylic acids is 1. The molecule has 2 aromatic heterocycles. The summed E-state index contributed by atoms with van der Waals surface area (Å²) >= 11 is 1.60. The first-order valence-corrected chi connectivity index (χ1v) is 12.5. The minimum atomic E-state index is -1.20. The Kier molecular flexibility index (Phi) is 6.76. The molecular weight excluding hydrogens is 504 g/mol. The van der Waals surface area contributed by atoms with Crippen LogP contribution in [0.2, 0.25) is 0 Å². The standard InChI is InChI=1S/C29H22N2O6S/c1-37-29(36)24(12-16-6-9-19(32)10-7-16)31-27(33)23-15-21(28(34)35)20-13-18(8-11-22(20)30-23)26-14-17-4-2-3-5-25(17)38-26/h2-11,13-15,24,32H,12H2,1H3,(H,31,33)(H,34,35)/t24-/m0/s1. The van der Waals surface area contributed by atoms with Crippen molar-refractivity contribution in [3.05, 3.63) is 95.7 Å². The third kappa shape index (κ3) is 5.05. The van der Waals surface area contributed by atoms with Crippen molar-refractivity contribution in [2.75, 3.05) is 7.11 Å². The van der Waals surface area contributed by atoms with Crippen LogP contribution in [-0.4, -0.2) is 46.2 Å². The number of pyridine rings is 1. The van der Waals surface area contributed by atoms with Crippen LogP contribution < -0.4 is 5.32 Å². The largest absolute Gasteiger partial charge is 0.508 e. The molecule has 0 fully saturated rings. The number of amides is 1. The highest BCUT2D eigenvalue weighted by Crippen LogP contribution is 2.35. The van der Waals surface area contributed by atoms with Gasteiger partial charge in [-0.05, 0) is 59.0 Å². The predicted molar refractivity (Wildman–Crippen MR) is 145 cm³/mol. The molecule has 0 spiro atoms. The summed E-state index contributed by atoms with van der Waals surface area (Å²) in [7, 11) is 1.21. The lowest BCUT2D eigenvalue weighted by molar-refractivity contribution is -0.142. The van der Waals surface area contributed by atoms with E-state index in [1.807, 2.05) is 30.3 Å². The molecule has 0 saturated heterocycles. The Labute approximate surface area is 221 Å². The maximum Gasteiger partial charge on any atom is 0.336 e. The lowest BCUT2D eigenvalue weighted by atomic mass is 10.0. The number of rotatable bonds is 7. The number of carboxylic acid groups (broad SMARTS) is 1. The first kappa shape index (κ1) is 24.9. The van der Waals surface area contributed by atoms with E-state index in [4.69, 9.17) is 4.74 Å². The summed E-state index contributed by atoms with van der Waals surface area (Å²) in [6.07, 6.45) is 0.108. The SMILES string of the molecule is COC(=O)[C@H](Cc1ccc(O)cc1)NC(=O)c1cc(C(=O)O)c2cc(-c3cc4ccccc4s3)ccc2n1. The molecule has 1 amide bonds. The van der Waals surface area contributed by atoms with E-state index in [9.17, 15) is 24.6 Å². The number of phenolic OH excluding ortho intramolecular Hbond substituents is 1. The highest BCUT2D eigenvalue weighted by atomic mass is 32.1. The van der Waals surface area contributed by atoms with Crippen LogP contribution in [0.3, 0.4) is 0 Å². The number of esters is 1. The van der Waals surface area contributed by atoms with Gasteiger partial charge in [-0.25, -0.2) is 14.6 Å². The molecule has 190 valence electrons. The second-order valence-electron chi connectivity index (χ2n) is 8.66. The number of hydrogen-bond acceptors (Lipinski definition) is 7. The fourth-order valence-electron chi connectivity index (χ4n) is 4.23. The molecule has 5 rings (SSSR count). The molecule has 5 aromatic rings. The number of aromatic nitrogens is 1. The Hall–Kier alpha value is -4.76. The molecule has 9 heteroatoms. The summed E-state index contributed by atoms with van der Waals surface area (Å²) in [5.41, 5.74) is 1.67. The zero-order valence-electron chi connectivity index (χ0n) is 20.2. The summed E-state index contributed by atoms with van der Waals surface area (Å²) in [6.45, 7) is 0. The molecular formula is C29H22N2O6S. The number of methoxy groups -OCH3 is 1. The summed E-state index contributed by atoms with van der Waals surface area (Å²) in [5.74, 6) is -2.51. The number of ether oxygens (including phenoxy) is 1. The number of thiophene rings is 1. The monoisotopic (exact) mass is 526 g/mol. The second-order valence-corrected chi connectivity index (χ2v) is 9.74. The first-order chi connectivity index (χ1) is 18.3. The van der Waals surface area contributed by atoms with Crippen molar-refractivity contribution in [1.29, 1.82) is 0 Å². The molecule has 38 heavy (non-hydrogen) atoms. The van der Waals surface area contributed by atoms with Crippen molar-refractivity contribution in [2.24, 2.45) is 0 Å². The summed E-state index contributed by atoms with van der Waals surface area (Å²) < 4.78 is 5.96. The molecule has 8 nitrogen and oxygen atoms in total. The van der Waals surface area contributed by atoms with E-state index in [2.05, 4.69) is 16.4 Å². The van der Waals surface area contributed by atoms with Crippen LogP contribution in [0.1, 0.15) is 26.4 Å². The molecule has 0 saturated carbocycles. The van der Waals surface area contributed by atoms with Gasteiger partial charge in [-0.3, -0.25) is 4.79 Å².